The van der Waals surface area contributed by atoms with Gasteiger partial charge in [0.2, 0.25) is 15.2 Å². The summed E-state index contributed by atoms with van der Waals surface area (Å²) >= 11 is 2.90. The Balaban J connectivity index is 1.64. The van der Waals surface area contributed by atoms with Crippen LogP contribution in [0.15, 0.2) is 70.0 Å². The minimum absolute atomic E-state index is 0.186. The van der Waals surface area contributed by atoms with Crippen molar-refractivity contribution in [1.82, 2.24) is 9.29 Å². The topological polar surface area (TPSA) is 82.9 Å². The number of fused-ring (bicyclic) bond motifs is 1. The zero-order chi connectivity index (χ0) is 27.1. The fourth-order valence-corrected chi connectivity index (χ4v) is 6.96. The van der Waals surface area contributed by atoms with Crippen LogP contribution < -0.4 is 5.01 Å². The minimum Gasteiger partial charge on any atom is -0.267 e. The summed E-state index contributed by atoms with van der Waals surface area (Å²) in [4.78, 5) is 19.4. The molecule has 0 spiro atoms. The molecule has 4 aromatic rings. The number of aryl methyl sites for hydroxylation is 1. The number of sulfonamides is 1. The number of thiophene rings is 1. The first kappa shape index (κ1) is 28.1. The van der Waals surface area contributed by atoms with Crippen LogP contribution in [-0.2, 0) is 10.0 Å². The van der Waals surface area contributed by atoms with Gasteiger partial charge >= 0.3 is 0 Å². The highest BCUT2D eigenvalue weighted by Gasteiger charge is 2.25. The van der Waals surface area contributed by atoms with E-state index in [9.17, 15) is 13.2 Å². The quantitative estimate of drug-likeness (QED) is 0.137. The van der Waals surface area contributed by atoms with Crippen LogP contribution in [0.5, 0.6) is 0 Å². The van der Waals surface area contributed by atoms with E-state index in [0.717, 1.165) is 46.3 Å². The Morgan fingerprint density at radius 2 is 1.74 bits per heavy atom. The number of rotatable bonds is 12. The van der Waals surface area contributed by atoms with E-state index in [1.54, 1.807) is 22.7 Å². The minimum atomic E-state index is -3.65. The molecule has 0 saturated carbocycles. The molecular formula is C28H32N4O3S3. The van der Waals surface area contributed by atoms with Crippen LogP contribution in [0.1, 0.15) is 60.3 Å². The molecule has 2 heterocycles. The lowest BCUT2D eigenvalue weighted by atomic mass is 10.2. The lowest BCUT2D eigenvalue weighted by Gasteiger charge is -2.22. The van der Waals surface area contributed by atoms with E-state index in [0.29, 0.717) is 23.8 Å². The molecule has 7 nitrogen and oxygen atoms in total. The molecule has 0 unspecified atom stereocenters. The van der Waals surface area contributed by atoms with Gasteiger partial charge in [-0.3, -0.25) is 4.79 Å². The number of carbonyl (C=O) groups excluding carboxylic acids is 1. The average Bonchev–Trinajstić information content (AvgIpc) is 3.58. The normalized spacial score (nSPS) is 12.1. The van der Waals surface area contributed by atoms with Gasteiger partial charge in [0.25, 0.3) is 5.91 Å². The van der Waals surface area contributed by atoms with E-state index >= 15 is 0 Å². The zero-order valence-corrected chi connectivity index (χ0v) is 24.3. The van der Waals surface area contributed by atoms with Gasteiger partial charge in [-0.2, -0.15) is 14.4 Å². The predicted octanol–water partition coefficient (Wildman–Crippen LogP) is 6.94. The second-order valence-electron chi connectivity index (χ2n) is 8.98. The van der Waals surface area contributed by atoms with Crippen LogP contribution in [0, 0.1) is 6.92 Å². The predicted molar refractivity (Wildman–Crippen MR) is 158 cm³/mol. The first-order valence-corrected chi connectivity index (χ1v) is 15.9. The smallest absolute Gasteiger partial charge is 0.267 e. The molecular weight excluding hydrogens is 537 g/mol. The first-order chi connectivity index (χ1) is 18.3. The van der Waals surface area contributed by atoms with E-state index in [2.05, 4.69) is 10.1 Å². The van der Waals surface area contributed by atoms with Gasteiger partial charge in [-0.05, 0) is 73.2 Å². The number of unbranched alkanes of at least 4 members (excludes halogenated alkanes) is 2. The van der Waals surface area contributed by atoms with Gasteiger partial charge in [0.1, 0.15) is 0 Å². The molecule has 1 amide bonds. The third kappa shape index (κ3) is 6.55. The summed E-state index contributed by atoms with van der Waals surface area (Å²) in [5, 5.41) is 8.17. The molecule has 0 fully saturated rings. The summed E-state index contributed by atoms with van der Waals surface area (Å²) in [6.07, 6.45) is 5.08. The molecule has 38 heavy (non-hydrogen) atoms. The molecule has 0 bridgehead atoms. The van der Waals surface area contributed by atoms with Crippen LogP contribution >= 0.6 is 22.7 Å². The number of nitrogens with zero attached hydrogens (tertiary/aromatic N) is 4. The van der Waals surface area contributed by atoms with Gasteiger partial charge in [-0.25, -0.2) is 13.4 Å². The Morgan fingerprint density at radius 1 is 1.03 bits per heavy atom. The molecule has 200 valence electrons. The Morgan fingerprint density at radius 3 is 2.37 bits per heavy atom. The summed E-state index contributed by atoms with van der Waals surface area (Å²) in [5.74, 6) is -0.383. The second-order valence-corrected chi connectivity index (χ2v) is 12.9. The Hall–Kier alpha value is -2.92. The number of anilines is 1. The Labute approximate surface area is 232 Å². The van der Waals surface area contributed by atoms with Crippen LogP contribution in [0.2, 0.25) is 0 Å². The summed E-state index contributed by atoms with van der Waals surface area (Å²) in [6, 6.07) is 15.9. The van der Waals surface area contributed by atoms with Crippen molar-refractivity contribution in [3.63, 3.8) is 0 Å². The van der Waals surface area contributed by atoms with E-state index in [1.807, 2.05) is 56.5 Å². The number of benzene rings is 2. The van der Waals surface area contributed by atoms with Crippen molar-refractivity contribution in [3.05, 3.63) is 76.0 Å². The van der Waals surface area contributed by atoms with Crippen molar-refractivity contribution in [3.8, 4) is 0 Å². The van der Waals surface area contributed by atoms with Crippen molar-refractivity contribution in [2.45, 2.75) is 51.3 Å². The number of amides is 1. The number of hydrogen-bond donors (Lipinski definition) is 0. The number of hydrazone groups is 1. The van der Waals surface area contributed by atoms with E-state index in [1.165, 1.54) is 39.8 Å². The molecule has 0 aliphatic carbocycles. The number of hydrogen-bond acceptors (Lipinski definition) is 7. The van der Waals surface area contributed by atoms with Gasteiger partial charge in [-0.15, -0.1) is 11.3 Å². The van der Waals surface area contributed by atoms with Crippen LogP contribution in [-0.4, -0.2) is 42.9 Å². The number of carbonyl (C=O) groups is 1. The van der Waals surface area contributed by atoms with Crippen molar-refractivity contribution >= 4 is 60.2 Å². The number of thiazole rings is 1. The van der Waals surface area contributed by atoms with Crippen LogP contribution in [0.25, 0.3) is 10.2 Å². The van der Waals surface area contributed by atoms with Gasteiger partial charge < -0.3 is 0 Å². The monoisotopic (exact) mass is 568 g/mol. The zero-order valence-electron chi connectivity index (χ0n) is 21.8. The molecule has 0 aliphatic rings. The fraction of sp³-hybridized carbons (Fsp3) is 0.321. The summed E-state index contributed by atoms with van der Waals surface area (Å²) < 4.78 is 29.2. The second kappa shape index (κ2) is 12.8. The number of aromatic nitrogens is 1. The first-order valence-electron chi connectivity index (χ1n) is 12.7. The van der Waals surface area contributed by atoms with Crippen molar-refractivity contribution in [2.75, 3.05) is 18.1 Å². The highest BCUT2D eigenvalue weighted by molar-refractivity contribution is 7.89. The molecule has 0 radical (unpaired) electrons. The van der Waals surface area contributed by atoms with Crippen molar-refractivity contribution in [2.24, 2.45) is 5.10 Å². The van der Waals surface area contributed by atoms with E-state index < -0.39 is 10.0 Å². The third-order valence-electron chi connectivity index (χ3n) is 6.01. The van der Waals surface area contributed by atoms with E-state index in [4.69, 9.17) is 0 Å². The average molecular weight is 569 g/mol. The molecule has 2 aromatic carbocycles. The molecule has 2 aromatic heterocycles. The van der Waals surface area contributed by atoms with Crippen molar-refractivity contribution < 1.29 is 13.2 Å². The highest BCUT2D eigenvalue weighted by Crippen LogP contribution is 2.31. The van der Waals surface area contributed by atoms with E-state index in [-0.39, 0.29) is 10.8 Å². The van der Waals surface area contributed by atoms with Gasteiger partial charge in [-0.1, -0.05) is 50.2 Å². The standard InChI is InChI=1S/C28H32N4O3S3/c1-4-6-16-31(17-7-5-2)38(34,35)24-13-11-22(12-14-24)27(33)32(29-20-23-9-8-18-36-23)28-30-25-15-10-21(3)19-26(25)37-28/h8-15,18-20H,4-7,16-17H2,1-3H3/b29-20+. The van der Waals surface area contributed by atoms with Gasteiger partial charge in [0.15, 0.2) is 0 Å². The summed E-state index contributed by atoms with van der Waals surface area (Å²) in [6.45, 7) is 7.08. The molecule has 0 saturated heterocycles. The Bertz CT molecular complexity index is 1490. The lowest BCUT2D eigenvalue weighted by molar-refractivity contribution is 0.0987. The maximum Gasteiger partial charge on any atom is 0.280 e. The molecule has 0 atom stereocenters. The molecule has 0 aliphatic heterocycles. The largest absolute Gasteiger partial charge is 0.280 e. The Kier molecular flexibility index (Phi) is 9.43. The maximum absolute atomic E-state index is 13.6. The fourth-order valence-electron chi connectivity index (χ4n) is 3.84. The van der Waals surface area contributed by atoms with Crippen LogP contribution in [0.4, 0.5) is 5.13 Å². The maximum atomic E-state index is 13.6. The summed E-state index contributed by atoms with van der Waals surface area (Å²) in [5.41, 5.74) is 2.23. The molecule has 10 heteroatoms. The SMILES string of the molecule is CCCCN(CCCC)S(=O)(=O)c1ccc(C(=O)N(/N=C/c2cccs2)c2nc3ccc(C)cc3s2)cc1. The molecule has 4 rings (SSSR count). The summed E-state index contributed by atoms with van der Waals surface area (Å²) in [7, 11) is -3.65. The van der Waals surface area contributed by atoms with Gasteiger partial charge in [0, 0.05) is 23.5 Å². The third-order valence-corrected chi connectivity index (χ3v) is 9.72. The van der Waals surface area contributed by atoms with Gasteiger partial charge in [0.05, 0.1) is 21.3 Å². The lowest BCUT2D eigenvalue weighted by Crippen LogP contribution is -2.33. The highest BCUT2D eigenvalue weighted by atomic mass is 32.2. The van der Waals surface area contributed by atoms with Crippen LogP contribution in [0.3, 0.4) is 0 Å². The van der Waals surface area contributed by atoms with Crippen molar-refractivity contribution in [1.29, 1.82) is 0 Å². The molecule has 0 N–H and O–H groups in total.